The fourth-order valence-electron chi connectivity index (χ4n) is 4.11. The molecule has 1 aliphatic heterocycles. The minimum atomic E-state index is -3.53. The van der Waals surface area contributed by atoms with Gasteiger partial charge in [-0.05, 0) is 31.7 Å². The third-order valence-corrected chi connectivity index (χ3v) is 8.17. The predicted octanol–water partition coefficient (Wildman–Crippen LogP) is 2.28. The summed E-state index contributed by atoms with van der Waals surface area (Å²) in [7, 11) is -1.61. The summed E-state index contributed by atoms with van der Waals surface area (Å²) in [5.41, 5.74) is 2.22. The molecule has 0 saturated carbocycles. The fraction of sp³-hybridized carbons (Fsp3) is 0.360. The number of hydrogen-bond donors (Lipinski definition) is 0. The average molecular weight is 482 g/mol. The van der Waals surface area contributed by atoms with Crippen LogP contribution in [0.4, 0.5) is 0 Å². The molecule has 180 valence electrons. The zero-order chi connectivity index (χ0) is 24.1. The van der Waals surface area contributed by atoms with E-state index in [2.05, 4.69) is 17.2 Å². The van der Waals surface area contributed by atoms with Gasteiger partial charge in [-0.25, -0.2) is 8.42 Å². The molecule has 4 rings (SSSR count). The van der Waals surface area contributed by atoms with Gasteiger partial charge in [0, 0.05) is 44.5 Å². The Hall–Kier alpha value is -3.01. The number of sulfonamides is 1. The van der Waals surface area contributed by atoms with Gasteiger partial charge in [-0.1, -0.05) is 48.5 Å². The summed E-state index contributed by atoms with van der Waals surface area (Å²) in [5, 5.41) is 4.45. The first kappa shape index (κ1) is 24.1. The predicted molar refractivity (Wildman–Crippen MR) is 130 cm³/mol. The molecule has 0 radical (unpaired) electrons. The number of piperazine rings is 1. The molecule has 34 heavy (non-hydrogen) atoms. The zero-order valence-electron chi connectivity index (χ0n) is 19.6. The maximum atomic E-state index is 13.1. The summed E-state index contributed by atoms with van der Waals surface area (Å²) in [6.07, 6.45) is 3.84. The highest BCUT2D eigenvalue weighted by Gasteiger charge is 2.32. The van der Waals surface area contributed by atoms with Crippen LogP contribution >= 0.6 is 0 Å². The minimum Gasteiger partial charge on any atom is -0.339 e. The lowest BCUT2D eigenvalue weighted by atomic mass is 10.2. The lowest BCUT2D eigenvalue weighted by Crippen LogP contribution is -2.54. The lowest BCUT2D eigenvalue weighted by molar-refractivity contribution is -0.137. The van der Waals surface area contributed by atoms with Gasteiger partial charge in [0.05, 0.1) is 23.7 Å². The SMILES string of the molecule is C[C@@H](C(=O)N1CCN(S(=O)(=O)c2ccccc2)CC1)N(C)Cc1cnn(Cc2ccccc2)c1. The Morgan fingerprint density at radius 3 is 2.24 bits per heavy atom. The van der Waals surface area contributed by atoms with Crippen LogP contribution in [0.1, 0.15) is 18.1 Å². The van der Waals surface area contributed by atoms with E-state index < -0.39 is 10.0 Å². The summed E-state index contributed by atoms with van der Waals surface area (Å²) in [5.74, 6) is 0.0101. The van der Waals surface area contributed by atoms with Gasteiger partial charge in [0.15, 0.2) is 0 Å². The van der Waals surface area contributed by atoms with Crippen molar-refractivity contribution in [3.8, 4) is 0 Å². The molecule has 1 fully saturated rings. The molecule has 0 aliphatic carbocycles. The Morgan fingerprint density at radius 2 is 1.59 bits per heavy atom. The smallest absolute Gasteiger partial charge is 0.243 e. The van der Waals surface area contributed by atoms with Crippen LogP contribution in [0, 0.1) is 0 Å². The molecule has 1 atom stereocenters. The maximum absolute atomic E-state index is 13.1. The van der Waals surface area contributed by atoms with E-state index in [9.17, 15) is 13.2 Å². The van der Waals surface area contributed by atoms with Gasteiger partial charge in [0.25, 0.3) is 0 Å². The molecular formula is C25H31N5O3S. The third kappa shape index (κ3) is 5.55. The van der Waals surface area contributed by atoms with Crippen LogP contribution in [0.15, 0.2) is 78.0 Å². The van der Waals surface area contributed by atoms with E-state index in [4.69, 9.17) is 0 Å². The molecule has 0 bridgehead atoms. The van der Waals surface area contributed by atoms with Gasteiger partial charge in [0.1, 0.15) is 0 Å². The van der Waals surface area contributed by atoms with Crippen molar-refractivity contribution in [3.05, 3.63) is 84.2 Å². The molecule has 0 N–H and O–H groups in total. The topological polar surface area (TPSA) is 78.8 Å². The molecule has 1 aromatic heterocycles. The number of nitrogens with zero attached hydrogens (tertiary/aromatic N) is 5. The van der Waals surface area contributed by atoms with Crippen LogP contribution in [0.25, 0.3) is 0 Å². The molecular weight excluding hydrogens is 450 g/mol. The lowest BCUT2D eigenvalue weighted by Gasteiger charge is -2.36. The second-order valence-corrected chi connectivity index (χ2v) is 10.6. The van der Waals surface area contributed by atoms with E-state index in [0.29, 0.717) is 39.3 Å². The number of hydrogen-bond acceptors (Lipinski definition) is 5. The van der Waals surface area contributed by atoms with Gasteiger partial charge < -0.3 is 4.90 Å². The van der Waals surface area contributed by atoms with Gasteiger partial charge in [-0.2, -0.15) is 9.40 Å². The van der Waals surface area contributed by atoms with E-state index in [0.717, 1.165) is 5.56 Å². The van der Waals surface area contributed by atoms with Crippen molar-refractivity contribution >= 4 is 15.9 Å². The van der Waals surface area contributed by atoms with E-state index >= 15 is 0 Å². The molecule has 1 saturated heterocycles. The largest absolute Gasteiger partial charge is 0.339 e. The van der Waals surface area contributed by atoms with Crippen molar-refractivity contribution in [2.45, 2.75) is 31.0 Å². The van der Waals surface area contributed by atoms with Crippen LogP contribution in [0.5, 0.6) is 0 Å². The number of benzene rings is 2. The molecule has 0 unspecified atom stereocenters. The Morgan fingerprint density at radius 1 is 0.971 bits per heavy atom. The minimum absolute atomic E-state index is 0.0101. The number of likely N-dealkylation sites (N-methyl/N-ethyl adjacent to an activating group) is 1. The second-order valence-electron chi connectivity index (χ2n) is 8.67. The Balaban J connectivity index is 1.30. The quantitative estimate of drug-likeness (QED) is 0.493. The van der Waals surface area contributed by atoms with Gasteiger partial charge >= 0.3 is 0 Å². The highest BCUT2D eigenvalue weighted by Crippen LogP contribution is 2.18. The molecule has 9 heteroatoms. The number of aromatic nitrogens is 2. The normalized spacial score (nSPS) is 16.0. The van der Waals surface area contributed by atoms with Crippen LogP contribution in [0.3, 0.4) is 0 Å². The Kier molecular flexibility index (Phi) is 7.45. The monoisotopic (exact) mass is 481 g/mol. The van der Waals surface area contributed by atoms with Gasteiger partial charge in [-0.15, -0.1) is 0 Å². The van der Waals surface area contributed by atoms with Crippen LogP contribution in [-0.2, 0) is 27.9 Å². The summed E-state index contributed by atoms with van der Waals surface area (Å²) in [6.45, 7) is 4.57. The van der Waals surface area contributed by atoms with Crippen LogP contribution in [-0.4, -0.2) is 77.5 Å². The Bertz CT molecular complexity index is 1190. The van der Waals surface area contributed by atoms with Crippen molar-refractivity contribution in [3.63, 3.8) is 0 Å². The first-order valence-corrected chi connectivity index (χ1v) is 12.9. The van der Waals surface area contributed by atoms with Gasteiger partial charge in [-0.3, -0.25) is 14.4 Å². The molecule has 8 nitrogen and oxygen atoms in total. The van der Waals surface area contributed by atoms with Crippen molar-refractivity contribution in [1.82, 2.24) is 23.9 Å². The van der Waals surface area contributed by atoms with E-state index in [1.807, 2.05) is 54.1 Å². The number of carbonyl (C=O) groups is 1. The fourth-order valence-corrected chi connectivity index (χ4v) is 5.56. The first-order valence-electron chi connectivity index (χ1n) is 11.4. The zero-order valence-corrected chi connectivity index (χ0v) is 20.4. The van der Waals surface area contributed by atoms with E-state index in [1.54, 1.807) is 35.2 Å². The highest BCUT2D eigenvalue weighted by molar-refractivity contribution is 7.89. The Labute approximate surface area is 201 Å². The van der Waals surface area contributed by atoms with Gasteiger partial charge in [0.2, 0.25) is 15.9 Å². The maximum Gasteiger partial charge on any atom is 0.243 e. The third-order valence-electron chi connectivity index (χ3n) is 6.26. The van der Waals surface area contributed by atoms with E-state index in [-0.39, 0.29) is 16.8 Å². The summed E-state index contributed by atoms with van der Waals surface area (Å²) in [4.78, 5) is 17.1. The summed E-state index contributed by atoms with van der Waals surface area (Å²) >= 11 is 0. The molecule has 2 heterocycles. The molecule has 1 amide bonds. The van der Waals surface area contributed by atoms with Crippen LogP contribution in [0.2, 0.25) is 0 Å². The molecule has 0 spiro atoms. The average Bonchev–Trinajstić information content (AvgIpc) is 3.30. The highest BCUT2D eigenvalue weighted by atomic mass is 32.2. The second kappa shape index (κ2) is 10.5. The molecule has 3 aromatic rings. The van der Waals surface area contributed by atoms with Crippen molar-refractivity contribution in [2.75, 3.05) is 33.2 Å². The van der Waals surface area contributed by atoms with E-state index in [1.165, 1.54) is 9.87 Å². The standard InChI is InChI=1S/C25H31N5O3S/c1-21(27(2)18-23-17-26-29(20-23)19-22-9-5-3-6-10-22)25(31)28-13-15-30(16-14-28)34(32,33)24-11-7-4-8-12-24/h3-12,17,20-21H,13-16,18-19H2,1-2H3/t21-/m0/s1. The molecule has 1 aliphatic rings. The number of amides is 1. The van der Waals surface area contributed by atoms with Crippen molar-refractivity contribution in [2.24, 2.45) is 0 Å². The van der Waals surface area contributed by atoms with Crippen molar-refractivity contribution in [1.29, 1.82) is 0 Å². The number of rotatable bonds is 8. The summed E-state index contributed by atoms with van der Waals surface area (Å²) < 4.78 is 29.0. The number of carbonyl (C=O) groups excluding carboxylic acids is 1. The van der Waals surface area contributed by atoms with Crippen molar-refractivity contribution < 1.29 is 13.2 Å². The summed E-state index contributed by atoms with van der Waals surface area (Å²) in [6, 6.07) is 18.3. The first-order chi connectivity index (χ1) is 16.3. The molecule has 2 aromatic carbocycles. The van der Waals surface area contributed by atoms with Crippen LogP contribution < -0.4 is 0 Å².